The van der Waals surface area contributed by atoms with Crippen molar-refractivity contribution in [3.8, 4) is 22.0 Å². The molecule has 0 N–H and O–H groups in total. The minimum Gasteiger partial charge on any atom is -0.466 e. The quantitative estimate of drug-likeness (QED) is 0.492. The van der Waals surface area contributed by atoms with E-state index in [1.165, 1.54) is 22.6 Å². The first-order valence-corrected chi connectivity index (χ1v) is 10.6. The molecule has 1 aliphatic heterocycles. The minimum absolute atomic E-state index is 0.176. The van der Waals surface area contributed by atoms with E-state index in [9.17, 15) is 4.79 Å². The number of ether oxygens (including phenoxy) is 1. The molecule has 0 amide bonds. The van der Waals surface area contributed by atoms with Crippen LogP contribution in [0.1, 0.15) is 24.5 Å². The van der Waals surface area contributed by atoms with E-state index >= 15 is 0 Å². The Morgan fingerprint density at radius 2 is 2.14 bits per heavy atom. The van der Waals surface area contributed by atoms with Gasteiger partial charge in [0.25, 0.3) is 0 Å². The van der Waals surface area contributed by atoms with E-state index < -0.39 is 0 Å². The average molecular weight is 416 g/mol. The predicted octanol–water partition coefficient (Wildman–Crippen LogP) is 5.82. The molecule has 6 heteroatoms. The molecule has 0 aliphatic carbocycles. The molecule has 0 saturated heterocycles. The van der Waals surface area contributed by atoms with Gasteiger partial charge in [0.1, 0.15) is 11.5 Å². The average Bonchev–Trinajstić information content (AvgIpc) is 3.28. The Labute approximate surface area is 173 Å². The van der Waals surface area contributed by atoms with Crippen LogP contribution >= 0.6 is 22.9 Å². The molecule has 3 heterocycles. The first kappa shape index (κ1) is 19.1. The molecule has 0 spiro atoms. The number of hydrogen-bond acceptors (Lipinski definition) is 5. The van der Waals surface area contributed by atoms with Crippen LogP contribution in [0.25, 0.3) is 22.0 Å². The van der Waals surface area contributed by atoms with Crippen molar-refractivity contribution in [1.82, 2.24) is 0 Å². The van der Waals surface area contributed by atoms with Gasteiger partial charge in [-0.3, -0.25) is 4.79 Å². The number of halogens is 1. The molecule has 0 atom stereocenters. The number of nitrogens with zero attached hydrogens (tertiary/aromatic N) is 1. The first-order valence-electron chi connectivity index (χ1n) is 9.43. The smallest absolute Gasteiger partial charge is 0.310 e. The second-order valence-corrected chi connectivity index (χ2v) is 8.63. The summed E-state index contributed by atoms with van der Waals surface area (Å²) < 4.78 is 12.0. The van der Waals surface area contributed by atoms with Crippen LogP contribution in [0.4, 0.5) is 5.69 Å². The number of thiophene rings is 1. The van der Waals surface area contributed by atoms with E-state index in [1.807, 2.05) is 25.1 Å². The van der Waals surface area contributed by atoms with Crippen molar-refractivity contribution in [1.29, 1.82) is 0 Å². The van der Waals surface area contributed by atoms with Gasteiger partial charge < -0.3 is 14.1 Å². The number of rotatable bonds is 5. The van der Waals surface area contributed by atoms with Crippen LogP contribution in [0.5, 0.6) is 0 Å². The fraction of sp³-hybridized carbons (Fsp3) is 0.318. The molecule has 3 aromatic rings. The SMILES string of the molecule is CCOC(=O)Cc1cc(-c2ccc3c(c2)CCCN3C)oc1-c1ccc(Cl)s1. The van der Waals surface area contributed by atoms with Gasteiger partial charge in [0.2, 0.25) is 0 Å². The number of esters is 1. The highest BCUT2D eigenvalue weighted by Gasteiger charge is 2.20. The normalized spacial score (nSPS) is 13.5. The summed E-state index contributed by atoms with van der Waals surface area (Å²) in [7, 11) is 2.13. The van der Waals surface area contributed by atoms with E-state index in [1.54, 1.807) is 0 Å². The standard InChI is InChI=1S/C22H22ClNO3S/c1-3-26-21(25)13-16-12-18(27-22(16)19-8-9-20(23)28-19)15-6-7-17-14(11-15)5-4-10-24(17)2/h6-9,11-12H,3-5,10,13H2,1-2H3. The van der Waals surface area contributed by atoms with Gasteiger partial charge >= 0.3 is 5.97 Å². The van der Waals surface area contributed by atoms with Crippen molar-refractivity contribution >= 4 is 34.6 Å². The van der Waals surface area contributed by atoms with Crippen LogP contribution in [0.15, 0.2) is 40.8 Å². The summed E-state index contributed by atoms with van der Waals surface area (Å²) in [6.45, 7) is 3.25. The van der Waals surface area contributed by atoms with Crippen LogP contribution in [0.2, 0.25) is 4.34 Å². The number of hydrogen-bond donors (Lipinski definition) is 0. The third kappa shape index (κ3) is 3.82. The molecular weight excluding hydrogens is 394 g/mol. The number of carbonyl (C=O) groups excluding carboxylic acids is 1. The van der Waals surface area contributed by atoms with Gasteiger partial charge in [-0.05, 0) is 61.7 Å². The summed E-state index contributed by atoms with van der Waals surface area (Å²) in [5, 5.41) is 0. The Morgan fingerprint density at radius 3 is 2.89 bits per heavy atom. The third-order valence-electron chi connectivity index (χ3n) is 4.96. The van der Waals surface area contributed by atoms with Crippen LogP contribution in [-0.4, -0.2) is 26.2 Å². The number of carbonyl (C=O) groups is 1. The number of furan rings is 1. The lowest BCUT2D eigenvalue weighted by molar-refractivity contribution is -0.142. The first-order chi connectivity index (χ1) is 13.5. The Balaban J connectivity index is 1.73. The van der Waals surface area contributed by atoms with Gasteiger partial charge in [-0.1, -0.05) is 11.6 Å². The number of anilines is 1. The summed E-state index contributed by atoms with van der Waals surface area (Å²) in [5.41, 5.74) is 4.45. The second kappa shape index (κ2) is 8.02. The van der Waals surface area contributed by atoms with Crippen molar-refractivity contribution < 1.29 is 13.9 Å². The predicted molar refractivity (Wildman–Crippen MR) is 114 cm³/mol. The lowest BCUT2D eigenvalue weighted by atomic mass is 9.98. The molecule has 0 fully saturated rings. The Hall–Kier alpha value is -2.24. The lowest BCUT2D eigenvalue weighted by Gasteiger charge is -2.27. The maximum Gasteiger partial charge on any atom is 0.310 e. The highest BCUT2D eigenvalue weighted by molar-refractivity contribution is 7.19. The van der Waals surface area contributed by atoms with Crippen molar-refractivity contribution in [3.63, 3.8) is 0 Å². The van der Waals surface area contributed by atoms with Gasteiger partial charge in [0, 0.05) is 30.4 Å². The van der Waals surface area contributed by atoms with E-state index in [0.29, 0.717) is 16.7 Å². The van der Waals surface area contributed by atoms with Gasteiger partial charge in [-0.25, -0.2) is 0 Å². The molecule has 0 unspecified atom stereocenters. The van der Waals surface area contributed by atoms with Gasteiger partial charge in [0.15, 0.2) is 0 Å². The fourth-order valence-corrected chi connectivity index (χ4v) is 4.71. The molecule has 4 rings (SSSR count). The molecule has 28 heavy (non-hydrogen) atoms. The maximum atomic E-state index is 12.1. The number of benzene rings is 1. The Kier molecular flexibility index (Phi) is 5.47. The number of fused-ring (bicyclic) bond motifs is 1. The summed E-state index contributed by atoms with van der Waals surface area (Å²) in [4.78, 5) is 15.3. The Morgan fingerprint density at radius 1 is 1.29 bits per heavy atom. The van der Waals surface area contributed by atoms with Crippen molar-refractivity contribution in [2.75, 3.05) is 25.1 Å². The Bertz CT molecular complexity index is 1010. The van der Waals surface area contributed by atoms with Crippen LogP contribution in [-0.2, 0) is 22.4 Å². The van der Waals surface area contributed by atoms with Crippen LogP contribution < -0.4 is 4.90 Å². The topological polar surface area (TPSA) is 42.7 Å². The van der Waals surface area contributed by atoms with E-state index in [2.05, 4.69) is 30.1 Å². The molecular formula is C22H22ClNO3S. The van der Waals surface area contributed by atoms with Crippen LogP contribution in [0.3, 0.4) is 0 Å². The highest BCUT2D eigenvalue weighted by atomic mass is 35.5. The molecule has 2 aromatic heterocycles. The van der Waals surface area contributed by atoms with E-state index in [-0.39, 0.29) is 12.4 Å². The third-order valence-corrected chi connectivity index (χ3v) is 6.19. The largest absolute Gasteiger partial charge is 0.466 e. The fourth-order valence-electron chi connectivity index (χ4n) is 3.65. The van der Waals surface area contributed by atoms with Gasteiger partial charge in [0.05, 0.1) is 22.2 Å². The van der Waals surface area contributed by atoms with Gasteiger partial charge in [-0.2, -0.15) is 0 Å². The maximum absolute atomic E-state index is 12.1. The van der Waals surface area contributed by atoms with Crippen LogP contribution in [0, 0.1) is 0 Å². The summed E-state index contributed by atoms with van der Waals surface area (Å²) in [6, 6.07) is 12.1. The molecule has 1 aliphatic rings. The monoisotopic (exact) mass is 415 g/mol. The van der Waals surface area contributed by atoms with E-state index in [4.69, 9.17) is 20.8 Å². The van der Waals surface area contributed by atoms with Crippen molar-refractivity contribution in [2.45, 2.75) is 26.2 Å². The lowest BCUT2D eigenvalue weighted by Crippen LogP contribution is -2.24. The van der Waals surface area contributed by atoms with Crippen molar-refractivity contribution in [3.05, 3.63) is 51.9 Å². The zero-order valence-electron chi connectivity index (χ0n) is 16.0. The summed E-state index contributed by atoms with van der Waals surface area (Å²) in [5.74, 6) is 1.19. The molecule has 0 radical (unpaired) electrons. The van der Waals surface area contributed by atoms with E-state index in [0.717, 1.165) is 41.2 Å². The zero-order chi connectivity index (χ0) is 19.7. The van der Waals surface area contributed by atoms with Gasteiger partial charge in [-0.15, -0.1) is 11.3 Å². The molecule has 0 bridgehead atoms. The molecule has 4 nitrogen and oxygen atoms in total. The summed E-state index contributed by atoms with van der Waals surface area (Å²) in [6.07, 6.45) is 2.39. The summed E-state index contributed by atoms with van der Waals surface area (Å²) >= 11 is 7.56. The molecule has 0 saturated carbocycles. The minimum atomic E-state index is -0.259. The molecule has 1 aromatic carbocycles. The highest BCUT2D eigenvalue weighted by Crippen LogP contribution is 2.39. The number of aryl methyl sites for hydroxylation is 1. The zero-order valence-corrected chi connectivity index (χ0v) is 17.5. The molecule has 146 valence electrons. The van der Waals surface area contributed by atoms with Crippen molar-refractivity contribution in [2.24, 2.45) is 0 Å². The second-order valence-electron chi connectivity index (χ2n) is 6.92.